The Labute approximate surface area is 120 Å². The zero-order valence-corrected chi connectivity index (χ0v) is 12.2. The van der Waals surface area contributed by atoms with Crippen molar-refractivity contribution in [3.05, 3.63) is 29.6 Å². The molecule has 0 aromatic heterocycles. The number of aliphatic hydroxyl groups is 1. The van der Waals surface area contributed by atoms with Crippen LogP contribution in [-0.2, 0) is 0 Å². The summed E-state index contributed by atoms with van der Waals surface area (Å²) in [6, 6.07) is 5.45. The Morgan fingerprint density at radius 1 is 1.20 bits per heavy atom. The van der Waals surface area contributed by atoms with Crippen molar-refractivity contribution in [2.75, 3.05) is 11.4 Å². The third-order valence-electron chi connectivity index (χ3n) is 4.99. The summed E-state index contributed by atoms with van der Waals surface area (Å²) in [5, 5.41) is 9.96. The van der Waals surface area contributed by atoms with Gasteiger partial charge in [-0.15, -0.1) is 0 Å². The largest absolute Gasteiger partial charge is 0.389 e. The predicted octanol–water partition coefficient (Wildman–Crippen LogP) is 4.04. The predicted molar refractivity (Wildman–Crippen MR) is 79.4 cm³/mol. The van der Waals surface area contributed by atoms with E-state index in [-0.39, 0.29) is 5.82 Å². The van der Waals surface area contributed by atoms with Crippen LogP contribution in [0.3, 0.4) is 0 Å². The molecule has 2 aliphatic rings. The minimum Gasteiger partial charge on any atom is -0.389 e. The van der Waals surface area contributed by atoms with Crippen LogP contribution in [0.4, 0.5) is 10.1 Å². The number of aliphatic hydroxyl groups excluding tert-OH is 1. The van der Waals surface area contributed by atoms with Gasteiger partial charge in [-0.05, 0) is 56.7 Å². The molecule has 1 aliphatic heterocycles. The summed E-state index contributed by atoms with van der Waals surface area (Å²) in [7, 11) is 0. The number of hydrogen-bond donors (Lipinski definition) is 1. The second-order valence-electron chi connectivity index (χ2n) is 6.33. The summed E-state index contributed by atoms with van der Waals surface area (Å²) in [4.78, 5) is 2.44. The highest BCUT2D eigenvalue weighted by atomic mass is 19.1. The molecule has 0 radical (unpaired) electrons. The van der Waals surface area contributed by atoms with Gasteiger partial charge in [-0.2, -0.15) is 0 Å². The Bertz CT molecular complexity index is 472. The van der Waals surface area contributed by atoms with E-state index in [0.717, 1.165) is 23.7 Å². The number of hydrogen-bond acceptors (Lipinski definition) is 2. The fourth-order valence-electron chi connectivity index (χ4n) is 4.05. The molecule has 20 heavy (non-hydrogen) atoms. The van der Waals surface area contributed by atoms with Crippen molar-refractivity contribution >= 4 is 5.69 Å². The number of nitrogens with zero attached hydrogens (tertiary/aromatic N) is 1. The lowest BCUT2D eigenvalue weighted by atomic mass is 9.78. The molecule has 1 aliphatic carbocycles. The number of fused-ring (bicyclic) bond motifs is 1. The fourth-order valence-corrected chi connectivity index (χ4v) is 4.05. The smallest absolute Gasteiger partial charge is 0.123 e. The number of anilines is 1. The van der Waals surface area contributed by atoms with E-state index in [1.807, 2.05) is 6.07 Å². The van der Waals surface area contributed by atoms with Crippen LogP contribution < -0.4 is 4.90 Å². The average Bonchev–Trinajstić information content (AvgIpc) is 2.46. The first-order valence-electron chi connectivity index (χ1n) is 7.91. The SMILES string of the molecule is C[C@H](O)c1cc(F)ccc1N1CCCC2CCCCC21. The molecule has 0 bridgehead atoms. The second-order valence-corrected chi connectivity index (χ2v) is 6.33. The molecular formula is C17H24FNO. The van der Waals surface area contributed by atoms with Crippen molar-refractivity contribution in [1.29, 1.82) is 0 Å². The van der Waals surface area contributed by atoms with Crippen molar-refractivity contribution < 1.29 is 9.50 Å². The van der Waals surface area contributed by atoms with Crippen LogP contribution in [0.15, 0.2) is 18.2 Å². The normalized spacial score (nSPS) is 28.1. The second kappa shape index (κ2) is 5.72. The van der Waals surface area contributed by atoms with Crippen LogP contribution in [0.5, 0.6) is 0 Å². The van der Waals surface area contributed by atoms with Crippen molar-refractivity contribution in [2.45, 2.75) is 57.6 Å². The molecule has 3 heteroatoms. The zero-order valence-electron chi connectivity index (χ0n) is 12.2. The lowest BCUT2D eigenvalue weighted by Crippen LogP contribution is -2.47. The van der Waals surface area contributed by atoms with E-state index in [9.17, 15) is 9.50 Å². The Hall–Kier alpha value is -1.09. The number of halogens is 1. The van der Waals surface area contributed by atoms with E-state index in [4.69, 9.17) is 0 Å². The Morgan fingerprint density at radius 3 is 2.75 bits per heavy atom. The Balaban J connectivity index is 1.94. The van der Waals surface area contributed by atoms with Crippen molar-refractivity contribution in [3.63, 3.8) is 0 Å². The van der Waals surface area contributed by atoms with Gasteiger partial charge in [-0.1, -0.05) is 12.8 Å². The molecule has 1 saturated carbocycles. The topological polar surface area (TPSA) is 23.5 Å². The minimum atomic E-state index is -0.621. The van der Waals surface area contributed by atoms with Crippen LogP contribution in [0.1, 0.15) is 57.1 Å². The maximum absolute atomic E-state index is 13.5. The third kappa shape index (κ3) is 2.56. The first-order valence-corrected chi connectivity index (χ1v) is 7.91. The number of benzene rings is 1. The van der Waals surface area contributed by atoms with Crippen LogP contribution >= 0.6 is 0 Å². The Kier molecular flexibility index (Phi) is 3.97. The first kappa shape index (κ1) is 13.9. The third-order valence-corrected chi connectivity index (χ3v) is 4.99. The molecule has 0 amide bonds. The van der Waals surface area contributed by atoms with E-state index >= 15 is 0 Å². The summed E-state index contributed by atoms with van der Waals surface area (Å²) < 4.78 is 13.5. The number of rotatable bonds is 2. The molecule has 1 aromatic carbocycles. The van der Waals surface area contributed by atoms with Gasteiger partial charge in [-0.25, -0.2) is 4.39 Å². The van der Waals surface area contributed by atoms with E-state index in [1.54, 1.807) is 6.92 Å². The first-order chi connectivity index (χ1) is 9.66. The number of piperidine rings is 1. The van der Waals surface area contributed by atoms with E-state index < -0.39 is 6.10 Å². The molecule has 2 unspecified atom stereocenters. The van der Waals surface area contributed by atoms with Crippen molar-refractivity contribution in [3.8, 4) is 0 Å². The van der Waals surface area contributed by atoms with Gasteiger partial charge in [0, 0.05) is 23.8 Å². The van der Waals surface area contributed by atoms with E-state index in [0.29, 0.717) is 6.04 Å². The maximum atomic E-state index is 13.5. The monoisotopic (exact) mass is 277 g/mol. The van der Waals surface area contributed by atoms with E-state index in [1.165, 1.54) is 50.7 Å². The van der Waals surface area contributed by atoms with Gasteiger partial charge < -0.3 is 10.0 Å². The average molecular weight is 277 g/mol. The van der Waals surface area contributed by atoms with Crippen LogP contribution in [-0.4, -0.2) is 17.7 Å². The van der Waals surface area contributed by atoms with Gasteiger partial charge >= 0.3 is 0 Å². The molecule has 1 heterocycles. The van der Waals surface area contributed by atoms with E-state index in [2.05, 4.69) is 4.90 Å². The summed E-state index contributed by atoms with van der Waals surface area (Å²) in [5.41, 5.74) is 1.77. The molecule has 3 rings (SSSR count). The minimum absolute atomic E-state index is 0.262. The van der Waals surface area contributed by atoms with Gasteiger partial charge in [0.15, 0.2) is 0 Å². The molecule has 1 aromatic rings. The fraction of sp³-hybridized carbons (Fsp3) is 0.647. The Morgan fingerprint density at radius 2 is 1.95 bits per heavy atom. The highest BCUT2D eigenvalue weighted by Gasteiger charge is 2.34. The molecule has 110 valence electrons. The highest BCUT2D eigenvalue weighted by Crippen LogP contribution is 2.40. The standard InChI is InChI=1S/C17H24FNO/c1-12(20)15-11-14(18)8-9-17(15)19-10-4-6-13-5-2-3-7-16(13)19/h8-9,11-13,16,20H,2-7,10H2,1H3/t12-,13?,16?/m0/s1. The highest BCUT2D eigenvalue weighted by molar-refractivity contribution is 5.56. The van der Waals surface area contributed by atoms with Gasteiger partial charge in [0.2, 0.25) is 0 Å². The van der Waals surface area contributed by atoms with Gasteiger partial charge in [-0.3, -0.25) is 0 Å². The van der Waals surface area contributed by atoms with Crippen molar-refractivity contribution in [2.24, 2.45) is 5.92 Å². The summed E-state index contributed by atoms with van der Waals surface area (Å²) in [6.07, 6.45) is 7.12. The van der Waals surface area contributed by atoms with Gasteiger partial charge in [0.1, 0.15) is 5.82 Å². The lowest BCUT2D eigenvalue weighted by molar-refractivity contribution is 0.197. The molecule has 2 fully saturated rings. The molecule has 1 saturated heterocycles. The zero-order chi connectivity index (χ0) is 14.1. The van der Waals surface area contributed by atoms with Crippen LogP contribution in [0.2, 0.25) is 0 Å². The molecule has 1 N–H and O–H groups in total. The summed E-state index contributed by atoms with van der Waals surface area (Å²) in [6.45, 7) is 2.76. The lowest BCUT2D eigenvalue weighted by Gasteiger charge is -2.46. The quantitative estimate of drug-likeness (QED) is 0.882. The van der Waals surface area contributed by atoms with Crippen LogP contribution in [0, 0.1) is 11.7 Å². The van der Waals surface area contributed by atoms with Gasteiger partial charge in [0.25, 0.3) is 0 Å². The molecular weight excluding hydrogens is 253 g/mol. The van der Waals surface area contributed by atoms with Gasteiger partial charge in [0.05, 0.1) is 6.10 Å². The van der Waals surface area contributed by atoms with Crippen molar-refractivity contribution in [1.82, 2.24) is 0 Å². The summed E-state index contributed by atoms with van der Waals surface area (Å²) in [5.74, 6) is 0.520. The molecule has 0 spiro atoms. The molecule has 2 nitrogen and oxygen atoms in total. The van der Waals surface area contributed by atoms with Crippen LogP contribution in [0.25, 0.3) is 0 Å². The summed E-state index contributed by atoms with van der Waals surface area (Å²) >= 11 is 0. The maximum Gasteiger partial charge on any atom is 0.123 e. The molecule has 3 atom stereocenters.